The van der Waals surface area contributed by atoms with Gasteiger partial charge < -0.3 is 26.5 Å². The summed E-state index contributed by atoms with van der Waals surface area (Å²) in [5.74, 6) is -1.58. The predicted molar refractivity (Wildman–Crippen MR) is 67.3 cm³/mol. The second-order valence-electron chi connectivity index (χ2n) is 3.56. The van der Waals surface area contributed by atoms with E-state index in [0.29, 0.717) is 11.6 Å². The number of anilines is 2. The van der Waals surface area contributed by atoms with E-state index in [1.165, 1.54) is 18.2 Å². The third-order valence-corrected chi connectivity index (χ3v) is 2.02. The van der Waals surface area contributed by atoms with Crippen LogP contribution in [0.15, 0.2) is 36.4 Å². The molecule has 104 valence electrons. The first-order valence-electron chi connectivity index (χ1n) is 5.35. The molecule has 0 spiro atoms. The molecule has 8 heteroatoms. The average Bonchev–Trinajstić information content (AvgIpc) is 2.39. The summed E-state index contributed by atoms with van der Waals surface area (Å²) < 4.78 is 0. The number of nitrogens with one attached hydrogen (secondary N) is 1. The van der Waals surface area contributed by atoms with E-state index in [1.54, 1.807) is 18.2 Å². The van der Waals surface area contributed by atoms with E-state index in [-0.39, 0.29) is 11.4 Å². The quantitative estimate of drug-likeness (QED) is 0.622. The highest BCUT2D eigenvalue weighted by Crippen LogP contribution is 1.97. The van der Waals surface area contributed by atoms with Crippen LogP contribution < -0.4 is 21.6 Å². The molecular formula is C12H12N4O4. The number of aromatic nitrogens is 2. The lowest BCUT2D eigenvalue weighted by Crippen LogP contribution is -2.24. The minimum absolute atomic E-state index is 0.309. The second-order valence-corrected chi connectivity index (χ2v) is 3.56. The van der Waals surface area contributed by atoms with Gasteiger partial charge in [-0.3, -0.25) is 0 Å². The van der Waals surface area contributed by atoms with Crippen LogP contribution >= 0.6 is 0 Å². The van der Waals surface area contributed by atoms with E-state index in [2.05, 4.69) is 9.97 Å². The molecule has 20 heavy (non-hydrogen) atoms. The van der Waals surface area contributed by atoms with Gasteiger partial charge in [0.1, 0.15) is 5.69 Å². The number of rotatable bonds is 2. The lowest BCUT2D eigenvalue weighted by atomic mass is 10.3. The van der Waals surface area contributed by atoms with Gasteiger partial charge in [-0.2, -0.15) is 0 Å². The van der Waals surface area contributed by atoms with Crippen LogP contribution in [0.1, 0.15) is 21.0 Å². The number of pyridine rings is 2. The molecule has 0 atom stereocenters. The van der Waals surface area contributed by atoms with E-state index in [1.807, 2.05) is 0 Å². The Balaban J connectivity index is 0.000000217. The molecule has 0 fully saturated rings. The van der Waals surface area contributed by atoms with Crippen LogP contribution in [0.25, 0.3) is 0 Å². The average molecular weight is 276 g/mol. The van der Waals surface area contributed by atoms with Crippen LogP contribution in [0.4, 0.5) is 11.6 Å². The Hall–Kier alpha value is -3.16. The minimum Gasteiger partial charge on any atom is -0.543 e. The summed E-state index contributed by atoms with van der Waals surface area (Å²) in [7, 11) is 0. The van der Waals surface area contributed by atoms with E-state index in [0.717, 1.165) is 0 Å². The highest BCUT2D eigenvalue weighted by molar-refractivity contribution is 5.88. The van der Waals surface area contributed by atoms with E-state index in [9.17, 15) is 14.7 Å². The molecule has 0 aliphatic carbocycles. The van der Waals surface area contributed by atoms with E-state index in [4.69, 9.17) is 16.6 Å². The van der Waals surface area contributed by atoms with Crippen LogP contribution in [-0.4, -0.2) is 22.0 Å². The lowest BCUT2D eigenvalue weighted by Gasteiger charge is -2.00. The Morgan fingerprint density at radius 3 is 1.95 bits per heavy atom. The van der Waals surface area contributed by atoms with Gasteiger partial charge >= 0.3 is 5.97 Å². The van der Waals surface area contributed by atoms with Gasteiger partial charge in [0.15, 0.2) is 0 Å². The number of hydrogen-bond donors (Lipinski definition) is 3. The summed E-state index contributed by atoms with van der Waals surface area (Å²) >= 11 is 0. The number of aromatic carboxylic acids is 2. The van der Waals surface area contributed by atoms with Crippen LogP contribution in [-0.2, 0) is 0 Å². The zero-order valence-corrected chi connectivity index (χ0v) is 10.2. The molecule has 2 aromatic rings. The van der Waals surface area contributed by atoms with Crippen molar-refractivity contribution in [2.24, 2.45) is 0 Å². The molecule has 0 aliphatic heterocycles. The summed E-state index contributed by atoms with van der Waals surface area (Å²) in [5.41, 5.74) is 9.96. The number of nitrogens with two attached hydrogens (primary N) is 2. The highest BCUT2D eigenvalue weighted by Gasteiger charge is 2.04. The normalized spacial score (nSPS) is 9.20. The maximum Gasteiger partial charge on any atom is 0.354 e. The summed E-state index contributed by atoms with van der Waals surface area (Å²) in [5, 5.41) is 18.6. The smallest absolute Gasteiger partial charge is 0.354 e. The Bertz CT molecular complexity index is 584. The summed E-state index contributed by atoms with van der Waals surface area (Å²) in [4.78, 5) is 26.5. The van der Waals surface area contributed by atoms with Crippen molar-refractivity contribution in [3.8, 4) is 0 Å². The number of carbonyl (C=O) groups excluding carboxylic acids is 1. The summed E-state index contributed by atoms with van der Waals surface area (Å²) in [6, 6.07) is 8.95. The van der Waals surface area contributed by atoms with Crippen molar-refractivity contribution in [3.63, 3.8) is 0 Å². The van der Waals surface area contributed by atoms with Gasteiger partial charge in [-0.05, 0) is 18.2 Å². The molecule has 0 bridgehead atoms. The third-order valence-electron chi connectivity index (χ3n) is 2.02. The Labute approximate surface area is 113 Å². The predicted octanol–water partition coefficient (Wildman–Crippen LogP) is -1.19. The second kappa shape index (κ2) is 6.69. The number of aromatic amines is 1. The molecule has 0 unspecified atom stereocenters. The maximum atomic E-state index is 10.3. The van der Waals surface area contributed by atoms with Gasteiger partial charge in [0.25, 0.3) is 0 Å². The molecule has 0 amide bonds. The standard InChI is InChI=1S/C7H5NO4.C5H7N3/c9-6(10)4-2-1-3-5(8-4)7(11)12;6-4-2-1-3-5(7)8-4/h1-3H,(H,9,10)(H,11,12);1-3H,(H4,6,7,8). The monoisotopic (exact) mass is 276 g/mol. The molecular weight excluding hydrogens is 264 g/mol. The largest absolute Gasteiger partial charge is 0.543 e. The molecule has 0 radical (unpaired) electrons. The number of hydrogen-bond acceptors (Lipinski definition) is 6. The van der Waals surface area contributed by atoms with Crippen molar-refractivity contribution in [1.82, 2.24) is 4.98 Å². The Morgan fingerprint density at radius 2 is 1.55 bits per heavy atom. The van der Waals surface area contributed by atoms with Crippen molar-refractivity contribution in [3.05, 3.63) is 47.8 Å². The molecule has 2 aromatic heterocycles. The zero-order valence-electron chi connectivity index (χ0n) is 10.2. The van der Waals surface area contributed by atoms with Crippen molar-refractivity contribution >= 4 is 23.6 Å². The fourth-order valence-electron chi connectivity index (χ4n) is 1.17. The number of carbonyl (C=O) groups is 2. The molecule has 0 aliphatic rings. The van der Waals surface area contributed by atoms with E-state index < -0.39 is 11.9 Å². The first-order valence-corrected chi connectivity index (χ1v) is 5.35. The summed E-state index contributed by atoms with van der Waals surface area (Å²) in [6.45, 7) is 0. The van der Waals surface area contributed by atoms with Crippen LogP contribution in [0.3, 0.4) is 0 Å². The first kappa shape index (κ1) is 14.9. The van der Waals surface area contributed by atoms with Gasteiger partial charge in [-0.25, -0.2) is 14.8 Å². The van der Waals surface area contributed by atoms with Crippen LogP contribution in [0.5, 0.6) is 0 Å². The highest BCUT2D eigenvalue weighted by atomic mass is 16.4. The molecule has 2 rings (SSSR count). The molecule has 8 nitrogen and oxygen atoms in total. The third kappa shape index (κ3) is 4.61. The Morgan fingerprint density at radius 1 is 1.05 bits per heavy atom. The lowest BCUT2D eigenvalue weighted by molar-refractivity contribution is -0.342. The molecule has 0 aromatic carbocycles. The van der Waals surface area contributed by atoms with Crippen molar-refractivity contribution in [2.75, 3.05) is 11.5 Å². The molecule has 0 saturated heterocycles. The molecule has 0 saturated carbocycles. The number of H-pyrrole nitrogens is 1. The number of nitrogen functional groups attached to an aromatic ring is 2. The molecule has 2 heterocycles. The maximum absolute atomic E-state index is 10.3. The number of carboxylic acid groups (broad SMARTS) is 2. The number of carboxylic acids is 2. The van der Waals surface area contributed by atoms with Crippen molar-refractivity contribution in [2.45, 2.75) is 0 Å². The Kier molecular flexibility index (Phi) is 4.98. The summed E-state index contributed by atoms with van der Waals surface area (Å²) in [6.07, 6.45) is 0. The van der Waals surface area contributed by atoms with E-state index >= 15 is 0 Å². The fourth-order valence-corrected chi connectivity index (χ4v) is 1.17. The van der Waals surface area contributed by atoms with Gasteiger partial charge in [0.05, 0.1) is 11.7 Å². The van der Waals surface area contributed by atoms with Crippen LogP contribution in [0, 0.1) is 0 Å². The fraction of sp³-hybridized carbons (Fsp3) is 0. The van der Waals surface area contributed by atoms with Gasteiger partial charge in [-0.15, -0.1) is 0 Å². The SMILES string of the molecule is Nc1cccc(N)[nH+]1.O=C([O-])c1cccc(C(=O)O)n1. The van der Waals surface area contributed by atoms with Gasteiger partial charge in [0, 0.05) is 12.1 Å². The van der Waals surface area contributed by atoms with Crippen LogP contribution in [0.2, 0.25) is 0 Å². The number of nitrogens with zero attached hydrogens (tertiary/aromatic N) is 1. The van der Waals surface area contributed by atoms with Crippen molar-refractivity contribution < 1.29 is 24.8 Å². The topological polar surface area (TPSA) is 156 Å². The minimum atomic E-state index is -1.49. The van der Waals surface area contributed by atoms with Crippen molar-refractivity contribution in [1.29, 1.82) is 0 Å². The zero-order chi connectivity index (χ0) is 15.1. The molecule has 6 N–H and O–H groups in total. The van der Waals surface area contributed by atoms with Gasteiger partial charge in [-0.1, -0.05) is 6.07 Å². The van der Waals surface area contributed by atoms with Gasteiger partial charge in [0.2, 0.25) is 11.6 Å². The first-order chi connectivity index (χ1) is 9.40.